The van der Waals surface area contributed by atoms with E-state index in [-0.39, 0.29) is 6.42 Å². The number of carbonyl (C=O) groups excluding carboxylic acids is 1. The van der Waals surface area contributed by atoms with Crippen molar-refractivity contribution in [3.63, 3.8) is 0 Å². The monoisotopic (exact) mass is 568 g/mol. The Balaban J connectivity index is 1.89. The Morgan fingerprint density at radius 3 is 1.55 bits per heavy atom. The zero-order valence-corrected chi connectivity index (χ0v) is 24.0. The third kappa shape index (κ3) is 12.2. The highest BCUT2D eigenvalue weighted by molar-refractivity contribution is 7.86. The molecule has 0 saturated carbocycles. The normalized spacial score (nSPS) is 25.4. The first-order chi connectivity index (χ1) is 17.8. The minimum atomic E-state index is -5.15. The molecule has 1 heterocycles. The topological polar surface area (TPSA) is 182 Å². The summed E-state index contributed by atoms with van der Waals surface area (Å²) in [6.45, 7) is 2.79. The fraction of sp³-hybridized carbons (Fsp3) is 0.963. The van der Waals surface area contributed by atoms with Crippen molar-refractivity contribution in [3.05, 3.63) is 0 Å². The smallest absolute Gasteiger partial charge is 0.322 e. The molecule has 2 unspecified atom stereocenters. The molecule has 0 aromatic rings. The van der Waals surface area contributed by atoms with Gasteiger partial charge < -0.3 is 30.3 Å². The molecule has 1 rings (SSSR count). The molecule has 1 aliphatic heterocycles. The van der Waals surface area contributed by atoms with E-state index in [2.05, 4.69) is 0 Å². The van der Waals surface area contributed by atoms with Crippen molar-refractivity contribution >= 4 is 15.9 Å². The molecular weight excluding hydrogens is 516 g/mol. The molecule has 6 atom stereocenters. The summed E-state index contributed by atoms with van der Waals surface area (Å²) < 4.78 is 36.4. The van der Waals surface area contributed by atoms with Gasteiger partial charge in [0, 0.05) is 6.42 Å². The van der Waals surface area contributed by atoms with Crippen molar-refractivity contribution in [3.8, 4) is 0 Å². The molecule has 0 spiro atoms. The van der Waals surface area contributed by atoms with Crippen LogP contribution < -0.4 is 0 Å². The summed E-state index contributed by atoms with van der Waals surface area (Å²) in [5, 5.41) is 45.1. The summed E-state index contributed by atoms with van der Waals surface area (Å²) in [6.07, 6.45) is 12.9. The highest BCUT2D eigenvalue weighted by Gasteiger charge is 2.47. The lowest BCUT2D eigenvalue weighted by Crippen LogP contribution is -2.56. The van der Waals surface area contributed by atoms with Gasteiger partial charge in [0.15, 0.2) is 0 Å². The Morgan fingerprint density at radius 1 is 0.737 bits per heavy atom. The average Bonchev–Trinajstić information content (AvgIpc) is 2.86. The number of ketones is 1. The molecule has 0 aromatic carbocycles. The molecule has 1 saturated heterocycles. The second-order valence-electron chi connectivity index (χ2n) is 11.0. The first kappa shape index (κ1) is 35.4. The van der Waals surface area contributed by atoms with E-state index in [0.717, 1.165) is 51.9 Å². The molecular formula is C27H52O10S. The fourth-order valence-corrected chi connectivity index (χ4v) is 5.55. The van der Waals surface area contributed by atoms with Gasteiger partial charge in [-0.15, -0.1) is 0 Å². The van der Waals surface area contributed by atoms with E-state index >= 15 is 0 Å². The molecule has 0 aliphatic carbocycles. The summed E-state index contributed by atoms with van der Waals surface area (Å²) in [4.78, 5) is 12.0. The maximum absolute atomic E-state index is 12.0. The van der Waals surface area contributed by atoms with Crippen molar-refractivity contribution in [2.45, 2.75) is 159 Å². The van der Waals surface area contributed by atoms with Crippen molar-refractivity contribution in [1.29, 1.82) is 0 Å². The van der Waals surface area contributed by atoms with Crippen LogP contribution in [0.3, 0.4) is 0 Å². The van der Waals surface area contributed by atoms with E-state index in [1.807, 2.05) is 0 Å². The van der Waals surface area contributed by atoms with Crippen LogP contribution in [0.2, 0.25) is 0 Å². The van der Waals surface area contributed by atoms with Gasteiger partial charge in [0.05, 0.1) is 18.1 Å². The van der Waals surface area contributed by atoms with Gasteiger partial charge in [-0.3, -0.25) is 9.35 Å². The third-order valence-electron chi connectivity index (χ3n) is 7.79. The summed E-state index contributed by atoms with van der Waals surface area (Å²) in [5.41, 5.74) is 0. The fourth-order valence-electron chi connectivity index (χ4n) is 4.97. The van der Waals surface area contributed by atoms with Crippen LogP contribution in [0.4, 0.5) is 0 Å². The zero-order valence-electron chi connectivity index (χ0n) is 23.2. The number of rotatable bonds is 21. The van der Waals surface area contributed by atoms with Crippen LogP contribution in [0.5, 0.6) is 0 Å². The second kappa shape index (κ2) is 17.9. The molecule has 226 valence electrons. The molecule has 0 aromatic heterocycles. The van der Waals surface area contributed by atoms with E-state index in [1.54, 1.807) is 6.92 Å². The Hall–Kier alpha value is -0.660. The van der Waals surface area contributed by atoms with Crippen molar-refractivity contribution in [1.82, 2.24) is 0 Å². The van der Waals surface area contributed by atoms with E-state index in [9.17, 15) is 38.7 Å². The zero-order chi connectivity index (χ0) is 28.8. The predicted molar refractivity (Wildman–Crippen MR) is 144 cm³/mol. The lowest BCUT2D eigenvalue weighted by Gasteiger charge is -2.39. The molecule has 11 heteroatoms. The van der Waals surface area contributed by atoms with Gasteiger partial charge in [0.1, 0.15) is 24.1 Å². The Kier molecular flexibility index (Phi) is 16.7. The minimum absolute atomic E-state index is 0.0477. The van der Waals surface area contributed by atoms with Crippen LogP contribution in [0.1, 0.15) is 123 Å². The van der Waals surface area contributed by atoms with E-state index in [1.165, 1.54) is 44.9 Å². The first-order valence-corrected chi connectivity index (χ1v) is 15.9. The molecule has 0 amide bonds. The summed E-state index contributed by atoms with van der Waals surface area (Å²) in [5.74, 6) is -2.20. The molecule has 38 heavy (non-hydrogen) atoms. The van der Waals surface area contributed by atoms with Crippen LogP contribution in [0.25, 0.3) is 0 Å². The van der Waals surface area contributed by atoms with Gasteiger partial charge in [-0.2, -0.15) is 8.42 Å². The van der Waals surface area contributed by atoms with Crippen LogP contribution in [-0.2, 0) is 19.6 Å². The number of Topliss-reactive ketones (excluding diaryl/α,β-unsaturated/α-hetero) is 1. The van der Waals surface area contributed by atoms with Crippen molar-refractivity contribution in [2.75, 3.05) is 0 Å². The molecule has 0 bridgehead atoms. The van der Waals surface area contributed by atoms with E-state index < -0.39 is 57.5 Å². The predicted octanol–water partition coefficient (Wildman–Crippen LogP) is 3.22. The maximum Gasteiger partial charge on any atom is 0.322 e. The highest BCUT2D eigenvalue weighted by atomic mass is 32.2. The van der Waals surface area contributed by atoms with Crippen LogP contribution >= 0.6 is 0 Å². The Morgan fingerprint density at radius 2 is 1.13 bits per heavy atom. The lowest BCUT2D eigenvalue weighted by molar-refractivity contribution is -0.218. The first-order valence-electron chi connectivity index (χ1n) is 14.4. The number of ether oxygens (including phenoxy) is 1. The number of aliphatic hydroxyl groups excluding tert-OH is 3. The number of aliphatic hydroxyl groups is 5. The number of unbranched alkanes of at least 4 members (excludes halogenated alkanes) is 14. The van der Waals surface area contributed by atoms with Crippen molar-refractivity contribution in [2.24, 2.45) is 5.92 Å². The van der Waals surface area contributed by atoms with Crippen LogP contribution in [-0.4, -0.2) is 79.9 Å². The average molecular weight is 569 g/mol. The SMILES string of the molecule is CC(C(=O)CCCCCCCCCCCCCCCCCC1O[C@H](C)[C@@H](O)[C@H](O)[C@H]1O)C(O)(O)S(=O)(=O)O. The lowest BCUT2D eigenvalue weighted by atomic mass is 9.92. The quantitative estimate of drug-likeness (QED) is 0.0683. The summed E-state index contributed by atoms with van der Waals surface area (Å²) in [6, 6.07) is 0. The molecule has 6 N–H and O–H groups in total. The van der Waals surface area contributed by atoms with Gasteiger partial charge in [-0.25, -0.2) is 0 Å². The summed E-state index contributed by atoms with van der Waals surface area (Å²) in [7, 11) is -5.15. The highest BCUT2D eigenvalue weighted by Crippen LogP contribution is 2.25. The number of carbonyl (C=O) groups is 1. The molecule has 1 aliphatic rings. The Bertz CT molecular complexity index is 757. The standard InChI is InChI=1S/C27H52O10S/c1-20(27(32,33)38(34,35)36)22(28)18-16-14-12-10-8-6-4-3-5-7-9-11-13-15-17-19-23-25(30)26(31)24(29)21(2)37-23/h20-21,23-26,29-33H,3-19H2,1-2H3,(H,34,35,36)/t20?,21-,23?,24-,25+,26+/m1/s1. The largest absolute Gasteiger partial charge is 0.388 e. The number of hydrogen-bond acceptors (Lipinski definition) is 9. The van der Waals surface area contributed by atoms with Crippen LogP contribution in [0.15, 0.2) is 0 Å². The van der Waals surface area contributed by atoms with Crippen molar-refractivity contribution < 1.29 is 48.0 Å². The molecule has 0 radical (unpaired) electrons. The Labute approximate surface area is 228 Å². The van der Waals surface area contributed by atoms with Crippen LogP contribution in [0, 0.1) is 5.92 Å². The number of hydrogen-bond donors (Lipinski definition) is 6. The van der Waals surface area contributed by atoms with Gasteiger partial charge in [0.25, 0.3) is 0 Å². The second-order valence-corrected chi connectivity index (χ2v) is 12.6. The maximum atomic E-state index is 12.0. The third-order valence-corrected chi connectivity index (χ3v) is 8.90. The van der Waals surface area contributed by atoms with Gasteiger partial charge in [0.2, 0.25) is 0 Å². The summed E-state index contributed by atoms with van der Waals surface area (Å²) >= 11 is 0. The van der Waals surface area contributed by atoms with Gasteiger partial charge >= 0.3 is 15.2 Å². The molecule has 10 nitrogen and oxygen atoms in total. The molecule has 1 fully saturated rings. The van der Waals surface area contributed by atoms with Gasteiger partial charge in [-0.1, -0.05) is 89.9 Å². The minimum Gasteiger partial charge on any atom is -0.388 e. The van der Waals surface area contributed by atoms with Gasteiger partial charge in [-0.05, 0) is 26.7 Å². The van der Waals surface area contributed by atoms with E-state index in [0.29, 0.717) is 12.8 Å². The van der Waals surface area contributed by atoms with E-state index in [4.69, 9.17) is 9.29 Å².